The zero-order chi connectivity index (χ0) is 25.7. The number of rotatable bonds is 10. The summed E-state index contributed by atoms with van der Waals surface area (Å²) >= 11 is 0. The number of ether oxygens (including phenoxy) is 3. The maximum atomic E-state index is 12.6. The molecule has 0 aromatic heterocycles. The molecule has 36 heavy (non-hydrogen) atoms. The van der Waals surface area contributed by atoms with Crippen molar-refractivity contribution < 1.29 is 23.8 Å². The van der Waals surface area contributed by atoms with Crippen LogP contribution in [0.15, 0.2) is 36.4 Å². The molecule has 4 rings (SSSR count). The Morgan fingerprint density at radius 3 is 2.53 bits per heavy atom. The highest BCUT2D eigenvalue weighted by Crippen LogP contribution is 2.44. The first kappa shape index (κ1) is 26.0. The molecule has 1 aliphatic carbocycles. The van der Waals surface area contributed by atoms with Crippen molar-refractivity contribution in [1.82, 2.24) is 9.80 Å². The van der Waals surface area contributed by atoms with E-state index in [-0.39, 0.29) is 11.9 Å². The van der Waals surface area contributed by atoms with Gasteiger partial charge >= 0.3 is 6.09 Å². The van der Waals surface area contributed by atoms with E-state index < -0.39 is 0 Å². The van der Waals surface area contributed by atoms with Gasteiger partial charge in [-0.25, -0.2) is 4.79 Å². The van der Waals surface area contributed by atoms with Gasteiger partial charge < -0.3 is 19.1 Å². The van der Waals surface area contributed by atoms with Crippen LogP contribution in [0.1, 0.15) is 65.9 Å². The monoisotopic (exact) mass is 494 g/mol. The first-order valence-corrected chi connectivity index (χ1v) is 12.9. The lowest BCUT2D eigenvalue weighted by Crippen LogP contribution is -2.36. The van der Waals surface area contributed by atoms with Gasteiger partial charge in [-0.05, 0) is 80.6 Å². The van der Waals surface area contributed by atoms with Crippen LogP contribution in [0, 0.1) is 0 Å². The Morgan fingerprint density at radius 2 is 1.78 bits per heavy atom. The molecule has 0 saturated carbocycles. The van der Waals surface area contributed by atoms with Crippen molar-refractivity contribution in [2.45, 2.75) is 56.9 Å². The van der Waals surface area contributed by atoms with Crippen LogP contribution < -0.4 is 14.2 Å². The number of nitrogens with zero attached hydrogens (tertiary/aromatic N) is 2. The Kier molecular flexibility index (Phi) is 8.52. The number of likely N-dealkylation sites (tertiary alicyclic amines) is 1. The normalized spacial score (nSPS) is 18.8. The molecule has 1 fully saturated rings. The first-order valence-electron chi connectivity index (χ1n) is 12.9. The fourth-order valence-electron chi connectivity index (χ4n) is 5.64. The lowest BCUT2D eigenvalue weighted by Gasteiger charge is -2.34. The van der Waals surface area contributed by atoms with Crippen LogP contribution >= 0.6 is 0 Å². The smallest absolute Gasteiger partial charge is 0.414 e. The van der Waals surface area contributed by atoms with Crippen molar-refractivity contribution in [2.24, 2.45) is 0 Å². The Labute approximate surface area is 214 Å². The average Bonchev–Trinajstić information content (AvgIpc) is 3.31. The van der Waals surface area contributed by atoms with Crippen LogP contribution in [0.4, 0.5) is 4.79 Å². The van der Waals surface area contributed by atoms with Gasteiger partial charge in [0, 0.05) is 38.0 Å². The van der Waals surface area contributed by atoms with Crippen molar-refractivity contribution in [3.63, 3.8) is 0 Å². The van der Waals surface area contributed by atoms with Gasteiger partial charge in [0.2, 0.25) is 0 Å². The van der Waals surface area contributed by atoms with E-state index in [1.807, 2.05) is 18.2 Å². The summed E-state index contributed by atoms with van der Waals surface area (Å²) in [6.45, 7) is 2.16. The number of Topliss-reactive ketones (excluding diaryl/α,β-unsaturated/α-hetero) is 1. The van der Waals surface area contributed by atoms with Gasteiger partial charge in [-0.15, -0.1) is 0 Å². The molecule has 7 nitrogen and oxygen atoms in total. The van der Waals surface area contributed by atoms with Crippen LogP contribution in [0.5, 0.6) is 17.2 Å². The highest BCUT2D eigenvalue weighted by atomic mass is 16.6. The number of benzene rings is 2. The second kappa shape index (κ2) is 11.8. The van der Waals surface area contributed by atoms with Gasteiger partial charge in [0.25, 0.3) is 0 Å². The van der Waals surface area contributed by atoms with Gasteiger partial charge in [-0.1, -0.05) is 18.6 Å². The number of amides is 1. The molecule has 2 aliphatic rings. The summed E-state index contributed by atoms with van der Waals surface area (Å²) in [6.07, 6.45) is 6.39. The van der Waals surface area contributed by atoms with Crippen LogP contribution in [0.2, 0.25) is 0 Å². The Hall–Kier alpha value is -3.06. The topological polar surface area (TPSA) is 68.3 Å². The molecule has 1 aliphatic heterocycles. The summed E-state index contributed by atoms with van der Waals surface area (Å²) in [5.74, 6) is 2.57. The third-order valence-electron chi connectivity index (χ3n) is 7.54. The summed E-state index contributed by atoms with van der Waals surface area (Å²) in [5.41, 5.74) is 3.22. The molecule has 2 aromatic rings. The second-order valence-electron chi connectivity index (χ2n) is 9.93. The number of ketones is 1. The predicted molar refractivity (Wildman–Crippen MR) is 140 cm³/mol. The number of carbonyl (C=O) groups excluding carboxylic acids is 2. The van der Waals surface area contributed by atoms with Gasteiger partial charge in [-0.2, -0.15) is 0 Å². The molecule has 2 atom stereocenters. The van der Waals surface area contributed by atoms with E-state index in [0.29, 0.717) is 41.2 Å². The quantitative estimate of drug-likeness (QED) is 0.329. The molecule has 0 spiro atoms. The lowest BCUT2D eigenvalue weighted by molar-refractivity contribution is 0.0978. The van der Waals surface area contributed by atoms with Crippen molar-refractivity contribution >= 4 is 11.9 Å². The fraction of sp³-hybridized carbons (Fsp3) is 0.517. The summed E-state index contributed by atoms with van der Waals surface area (Å²) < 4.78 is 16.2. The second-order valence-corrected chi connectivity index (χ2v) is 9.93. The standard InChI is InChI=1S/C29H38N2O5/c1-30(2)29(33)36-26-11-8-9-21-22-16-18-31(24(22)14-13-23(21)26)17-7-5-6-10-25(32)20-12-15-27(34-3)28(19-20)35-4/h8-9,11-12,15,19,22,24H,5-7,10,13-14,16-18H2,1-4H3/t22-,24+/m0/s1. The van der Waals surface area contributed by atoms with E-state index in [4.69, 9.17) is 14.2 Å². The van der Waals surface area contributed by atoms with E-state index in [2.05, 4.69) is 11.0 Å². The molecule has 1 amide bonds. The zero-order valence-corrected chi connectivity index (χ0v) is 21.9. The van der Waals surface area contributed by atoms with Crippen LogP contribution in [-0.2, 0) is 6.42 Å². The predicted octanol–water partition coefficient (Wildman–Crippen LogP) is 5.31. The highest BCUT2D eigenvalue weighted by molar-refractivity contribution is 5.96. The van der Waals surface area contributed by atoms with E-state index in [1.54, 1.807) is 40.4 Å². The number of unbranched alkanes of at least 4 members (excludes halogenated alkanes) is 2. The Bertz CT molecular complexity index is 1080. The van der Waals surface area contributed by atoms with Crippen molar-refractivity contribution in [1.29, 1.82) is 0 Å². The van der Waals surface area contributed by atoms with Crippen molar-refractivity contribution in [2.75, 3.05) is 41.4 Å². The largest absolute Gasteiger partial charge is 0.493 e. The van der Waals surface area contributed by atoms with E-state index >= 15 is 0 Å². The molecule has 194 valence electrons. The van der Waals surface area contributed by atoms with Gasteiger partial charge in [-0.3, -0.25) is 9.69 Å². The average molecular weight is 495 g/mol. The number of hydrogen-bond donors (Lipinski definition) is 0. The molecular formula is C29H38N2O5. The van der Waals surface area contributed by atoms with Crippen LogP contribution in [0.25, 0.3) is 0 Å². The number of carbonyl (C=O) groups is 2. The van der Waals surface area contributed by atoms with Crippen LogP contribution in [-0.4, -0.2) is 69.1 Å². The van der Waals surface area contributed by atoms with Crippen LogP contribution in [0.3, 0.4) is 0 Å². The minimum absolute atomic E-state index is 0.145. The summed E-state index contributed by atoms with van der Waals surface area (Å²) in [7, 11) is 6.58. The summed E-state index contributed by atoms with van der Waals surface area (Å²) in [5, 5.41) is 0. The Balaban J connectivity index is 1.26. The van der Waals surface area contributed by atoms with E-state index in [9.17, 15) is 9.59 Å². The van der Waals surface area contributed by atoms with Gasteiger partial charge in [0.1, 0.15) is 5.75 Å². The van der Waals surface area contributed by atoms with Crippen molar-refractivity contribution in [3.8, 4) is 17.2 Å². The SMILES string of the molecule is COc1ccc(C(=O)CCCCCN2CC[C@H]3c4cccc(OC(=O)N(C)C)c4CC[C@H]32)cc1OC. The summed E-state index contributed by atoms with van der Waals surface area (Å²) in [4.78, 5) is 28.8. The fourth-order valence-corrected chi connectivity index (χ4v) is 5.64. The minimum atomic E-state index is -0.330. The zero-order valence-electron chi connectivity index (χ0n) is 21.9. The highest BCUT2D eigenvalue weighted by Gasteiger charge is 2.39. The number of hydrogen-bond acceptors (Lipinski definition) is 6. The van der Waals surface area contributed by atoms with Gasteiger partial charge in [0.15, 0.2) is 17.3 Å². The molecule has 1 heterocycles. The first-order chi connectivity index (χ1) is 17.4. The third kappa shape index (κ3) is 5.67. The van der Waals surface area contributed by atoms with E-state index in [1.165, 1.54) is 16.0 Å². The third-order valence-corrected chi connectivity index (χ3v) is 7.54. The van der Waals surface area contributed by atoms with E-state index in [0.717, 1.165) is 51.6 Å². The molecule has 1 saturated heterocycles. The number of methoxy groups -OCH3 is 2. The van der Waals surface area contributed by atoms with Crippen molar-refractivity contribution in [3.05, 3.63) is 53.1 Å². The summed E-state index contributed by atoms with van der Waals surface area (Å²) in [6, 6.07) is 12.0. The Morgan fingerprint density at radius 1 is 0.972 bits per heavy atom. The number of fused-ring (bicyclic) bond motifs is 3. The minimum Gasteiger partial charge on any atom is -0.493 e. The molecule has 0 unspecified atom stereocenters. The maximum Gasteiger partial charge on any atom is 0.414 e. The molecule has 2 aromatic carbocycles. The molecule has 0 bridgehead atoms. The van der Waals surface area contributed by atoms with Gasteiger partial charge in [0.05, 0.1) is 14.2 Å². The molecule has 0 radical (unpaired) electrons. The maximum absolute atomic E-state index is 12.6. The molecule has 0 N–H and O–H groups in total. The lowest BCUT2D eigenvalue weighted by atomic mass is 9.79. The molecule has 7 heteroatoms. The molecular weight excluding hydrogens is 456 g/mol.